The van der Waals surface area contributed by atoms with E-state index in [0.29, 0.717) is 4.91 Å². The highest BCUT2D eigenvalue weighted by molar-refractivity contribution is 8.18. The van der Waals surface area contributed by atoms with E-state index in [2.05, 4.69) is 5.32 Å². The Balaban J connectivity index is 2.84. The summed E-state index contributed by atoms with van der Waals surface area (Å²) in [6, 6.07) is 0. The Bertz CT molecular complexity index is 263. The van der Waals surface area contributed by atoms with Gasteiger partial charge in [-0.25, -0.2) is 0 Å². The number of thioether (sulfide) groups is 1. The maximum atomic E-state index is 11.0. The molecule has 0 atom stereocenters. The number of carbonyl (C=O) groups is 2. The van der Waals surface area contributed by atoms with E-state index in [1.165, 1.54) is 0 Å². The Labute approximate surface area is 75.6 Å². The van der Waals surface area contributed by atoms with E-state index < -0.39 is 0 Å². The summed E-state index contributed by atoms with van der Waals surface area (Å²) in [5.74, 6) is -0.278. The molecule has 0 aromatic rings. The van der Waals surface area contributed by atoms with Crippen LogP contribution in [0.15, 0.2) is 11.0 Å². The molecule has 0 aromatic carbocycles. The fourth-order valence-corrected chi connectivity index (χ4v) is 1.71. The molecule has 2 amide bonds. The molecule has 0 radical (unpaired) electrons. The van der Waals surface area contributed by atoms with Crippen molar-refractivity contribution in [1.82, 2.24) is 5.32 Å². The van der Waals surface area contributed by atoms with Crippen LogP contribution in [0.5, 0.6) is 0 Å². The lowest BCUT2D eigenvalue weighted by Gasteiger charge is -2.11. The zero-order valence-corrected chi connectivity index (χ0v) is 8.12. The van der Waals surface area contributed by atoms with Crippen molar-refractivity contribution in [3.05, 3.63) is 11.0 Å². The molecule has 0 unspecified atom stereocenters. The second-order valence-electron chi connectivity index (χ2n) is 3.72. The Hall–Kier alpha value is -0.770. The molecular formula is C8H11NO2S. The van der Waals surface area contributed by atoms with E-state index in [-0.39, 0.29) is 16.6 Å². The van der Waals surface area contributed by atoms with E-state index in [0.717, 1.165) is 11.8 Å². The number of allylic oxidation sites excluding steroid dienone is 1. The van der Waals surface area contributed by atoms with Crippen LogP contribution in [0, 0.1) is 5.41 Å². The molecule has 1 fully saturated rings. The third-order valence-electron chi connectivity index (χ3n) is 1.21. The molecule has 0 saturated carbocycles. The van der Waals surface area contributed by atoms with Gasteiger partial charge in [0.15, 0.2) is 0 Å². The zero-order valence-electron chi connectivity index (χ0n) is 7.30. The number of rotatable bonds is 0. The molecule has 1 heterocycles. The first kappa shape index (κ1) is 9.32. The summed E-state index contributed by atoms with van der Waals surface area (Å²) in [6.45, 7) is 5.95. The highest BCUT2D eigenvalue weighted by Gasteiger charge is 2.26. The second-order valence-corrected chi connectivity index (χ2v) is 4.73. The predicted octanol–water partition coefficient (Wildman–Crippen LogP) is 1.90. The first-order chi connectivity index (χ1) is 5.38. The van der Waals surface area contributed by atoms with Crippen molar-refractivity contribution in [2.45, 2.75) is 20.8 Å². The van der Waals surface area contributed by atoms with Gasteiger partial charge in [-0.15, -0.1) is 0 Å². The molecule has 12 heavy (non-hydrogen) atoms. The molecule has 1 aliphatic rings. The lowest BCUT2D eigenvalue weighted by molar-refractivity contribution is -0.115. The molecule has 1 N–H and O–H groups in total. The van der Waals surface area contributed by atoms with Gasteiger partial charge in [-0.05, 0) is 17.2 Å². The minimum absolute atomic E-state index is 0.0652. The number of hydrogen-bond acceptors (Lipinski definition) is 3. The lowest BCUT2D eigenvalue weighted by Crippen LogP contribution is -2.18. The molecule has 1 aliphatic heterocycles. The molecular weight excluding hydrogens is 174 g/mol. The van der Waals surface area contributed by atoms with Crippen molar-refractivity contribution in [2.75, 3.05) is 0 Å². The van der Waals surface area contributed by atoms with E-state index in [9.17, 15) is 9.59 Å². The van der Waals surface area contributed by atoms with Crippen molar-refractivity contribution < 1.29 is 9.59 Å². The van der Waals surface area contributed by atoms with E-state index in [1.54, 1.807) is 6.08 Å². The Morgan fingerprint density at radius 1 is 1.33 bits per heavy atom. The second kappa shape index (κ2) is 2.94. The third kappa shape index (κ3) is 2.37. The van der Waals surface area contributed by atoms with E-state index in [1.807, 2.05) is 20.8 Å². The summed E-state index contributed by atoms with van der Waals surface area (Å²) in [6.07, 6.45) is 1.80. The van der Waals surface area contributed by atoms with Gasteiger partial charge in [-0.3, -0.25) is 14.9 Å². The van der Waals surface area contributed by atoms with Gasteiger partial charge in [0.05, 0.1) is 4.91 Å². The van der Waals surface area contributed by atoms with Gasteiger partial charge in [0.2, 0.25) is 0 Å². The van der Waals surface area contributed by atoms with Crippen molar-refractivity contribution >= 4 is 22.9 Å². The summed E-state index contributed by atoms with van der Waals surface area (Å²) >= 11 is 0.962. The van der Waals surface area contributed by atoms with Gasteiger partial charge >= 0.3 is 0 Å². The summed E-state index contributed by atoms with van der Waals surface area (Å²) in [4.78, 5) is 22.3. The first-order valence-corrected chi connectivity index (χ1v) is 4.46. The third-order valence-corrected chi connectivity index (χ3v) is 2.02. The van der Waals surface area contributed by atoms with Crippen molar-refractivity contribution in [2.24, 2.45) is 5.41 Å². The first-order valence-electron chi connectivity index (χ1n) is 3.64. The normalized spacial score (nSPS) is 21.8. The highest BCUT2D eigenvalue weighted by atomic mass is 32.2. The van der Waals surface area contributed by atoms with Crippen molar-refractivity contribution in [3.8, 4) is 0 Å². The number of nitrogens with one attached hydrogen (secondary N) is 1. The van der Waals surface area contributed by atoms with Crippen LogP contribution in [0.25, 0.3) is 0 Å². The van der Waals surface area contributed by atoms with Gasteiger partial charge in [0.25, 0.3) is 11.1 Å². The number of hydrogen-bond donors (Lipinski definition) is 1. The lowest BCUT2D eigenvalue weighted by atomic mass is 9.96. The highest BCUT2D eigenvalue weighted by Crippen LogP contribution is 2.28. The molecule has 0 bridgehead atoms. The number of carbonyl (C=O) groups excluding carboxylic acids is 2. The molecule has 0 aromatic heterocycles. The minimum Gasteiger partial charge on any atom is -0.282 e. The number of amides is 2. The average molecular weight is 185 g/mol. The van der Waals surface area contributed by atoms with Crippen LogP contribution in [0.3, 0.4) is 0 Å². The molecule has 0 aliphatic carbocycles. The fraction of sp³-hybridized carbons (Fsp3) is 0.500. The smallest absolute Gasteiger partial charge is 0.282 e. The Kier molecular flexibility index (Phi) is 2.28. The van der Waals surface area contributed by atoms with Gasteiger partial charge in [0.1, 0.15) is 0 Å². The monoisotopic (exact) mass is 185 g/mol. The van der Waals surface area contributed by atoms with Gasteiger partial charge in [-0.1, -0.05) is 26.8 Å². The maximum absolute atomic E-state index is 11.0. The molecule has 0 spiro atoms. The van der Waals surface area contributed by atoms with Crippen molar-refractivity contribution in [3.63, 3.8) is 0 Å². The summed E-state index contributed by atoms with van der Waals surface area (Å²) in [5.41, 5.74) is -0.0652. The Morgan fingerprint density at radius 2 is 1.92 bits per heavy atom. The average Bonchev–Trinajstić information content (AvgIpc) is 2.06. The van der Waals surface area contributed by atoms with Gasteiger partial charge in [0, 0.05) is 0 Å². The van der Waals surface area contributed by atoms with Crippen LogP contribution < -0.4 is 5.32 Å². The van der Waals surface area contributed by atoms with Crippen molar-refractivity contribution in [1.29, 1.82) is 0 Å². The Morgan fingerprint density at radius 3 is 2.25 bits per heavy atom. The van der Waals surface area contributed by atoms with Crippen LogP contribution in [-0.2, 0) is 4.79 Å². The fourth-order valence-electron chi connectivity index (χ4n) is 0.814. The SMILES string of the molecule is CC(C)(C)/C=C1\SC(=O)NC1=O. The van der Waals surface area contributed by atoms with Crippen LogP contribution in [0.2, 0.25) is 0 Å². The standard InChI is InChI=1S/C8H11NO2S/c1-8(2,3)4-5-6(10)9-7(11)12-5/h4H,1-3H3,(H,9,10,11)/b5-4-. The maximum Gasteiger partial charge on any atom is 0.290 e. The predicted molar refractivity (Wildman–Crippen MR) is 48.7 cm³/mol. The minimum atomic E-state index is -0.282. The zero-order chi connectivity index (χ0) is 9.35. The molecule has 1 saturated heterocycles. The molecule has 1 rings (SSSR count). The molecule has 66 valence electrons. The summed E-state index contributed by atoms with van der Waals surface area (Å²) < 4.78 is 0. The van der Waals surface area contributed by atoms with Crippen LogP contribution in [-0.4, -0.2) is 11.1 Å². The topological polar surface area (TPSA) is 46.2 Å². The summed E-state index contributed by atoms with van der Waals surface area (Å²) in [5, 5.41) is 1.92. The molecule has 3 nitrogen and oxygen atoms in total. The van der Waals surface area contributed by atoms with Crippen LogP contribution in [0.4, 0.5) is 4.79 Å². The van der Waals surface area contributed by atoms with Crippen LogP contribution >= 0.6 is 11.8 Å². The number of imide groups is 1. The quantitative estimate of drug-likeness (QED) is 0.586. The summed E-state index contributed by atoms with van der Waals surface area (Å²) in [7, 11) is 0. The van der Waals surface area contributed by atoms with E-state index >= 15 is 0 Å². The van der Waals surface area contributed by atoms with E-state index in [4.69, 9.17) is 0 Å². The molecule has 4 heteroatoms. The van der Waals surface area contributed by atoms with Crippen LogP contribution in [0.1, 0.15) is 20.8 Å². The van der Waals surface area contributed by atoms with Gasteiger partial charge in [-0.2, -0.15) is 0 Å². The largest absolute Gasteiger partial charge is 0.290 e. The van der Waals surface area contributed by atoms with Gasteiger partial charge < -0.3 is 0 Å².